The van der Waals surface area contributed by atoms with Crippen LogP contribution < -0.4 is 15.4 Å². The van der Waals surface area contributed by atoms with Gasteiger partial charge in [0.15, 0.2) is 0 Å². The highest BCUT2D eigenvalue weighted by molar-refractivity contribution is 7.89. The van der Waals surface area contributed by atoms with E-state index >= 15 is 0 Å². The summed E-state index contributed by atoms with van der Waals surface area (Å²) < 4.78 is 26.8. The first-order chi connectivity index (χ1) is 12.6. The predicted molar refractivity (Wildman–Crippen MR) is 110 cm³/mol. The van der Waals surface area contributed by atoms with Gasteiger partial charge in [-0.2, -0.15) is 0 Å². The largest absolute Gasteiger partial charge is 0.374 e. The maximum atomic E-state index is 12.4. The lowest BCUT2D eigenvalue weighted by Gasteiger charge is -2.16. The third-order valence-electron chi connectivity index (χ3n) is 3.82. The topological polar surface area (TPSA) is 87.3 Å². The number of anilines is 2. The molecule has 146 valence electrons. The van der Waals surface area contributed by atoms with Crippen molar-refractivity contribution in [1.29, 1.82) is 0 Å². The Hall–Kier alpha value is -2.38. The minimum absolute atomic E-state index is 0.163. The molecule has 7 heteroatoms. The fourth-order valence-electron chi connectivity index (χ4n) is 2.72. The second kappa shape index (κ2) is 8.54. The van der Waals surface area contributed by atoms with Gasteiger partial charge in [0.1, 0.15) is 6.04 Å². The summed E-state index contributed by atoms with van der Waals surface area (Å²) in [5.41, 5.74) is 3.67. The van der Waals surface area contributed by atoms with E-state index in [4.69, 9.17) is 0 Å². The highest BCUT2D eigenvalue weighted by Gasteiger charge is 2.16. The van der Waals surface area contributed by atoms with Gasteiger partial charge < -0.3 is 10.6 Å². The third-order valence-corrected chi connectivity index (χ3v) is 5.50. The van der Waals surface area contributed by atoms with Crippen LogP contribution in [0.25, 0.3) is 0 Å². The van der Waals surface area contributed by atoms with Gasteiger partial charge in [0.05, 0.1) is 4.90 Å². The Labute approximate surface area is 161 Å². The number of carbonyl (C=O) groups is 1. The van der Waals surface area contributed by atoms with Gasteiger partial charge in [-0.15, -0.1) is 0 Å². The monoisotopic (exact) mass is 389 g/mol. The van der Waals surface area contributed by atoms with Crippen molar-refractivity contribution in [2.75, 3.05) is 10.6 Å². The molecule has 0 aliphatic rings. The Morgan fingerprint density at radius 2 is 1.44 bits per heavy atom. The second-order valence-corrected chi connectivity index (χ2v) is 8.75. The first-order valence-corrected chi connectivity index (χ1v) is 10.3. The van der Waals surface area contributed by atoms with Crippen LogP contribution in [0.15, 0.2) is 47.4 Å². The van der Waals surface area contributed by atoms with Gasteiger partial charge in [-0.05, 0) is 82.1 Å². The molecule has 0 aliphatic carbocycles. The number of hydrogen-bond acceptors (Lipinski definition) is 4. The molecule has 0 fully saturated rings. The number of benzene rings is 2. The molecule has 0 saturated carbocycles. The Balaban J connectivity index is 2.02. The lowest BCUT2D eigenvalue weighted by molar-refractivity contribution is -0.116. The number of sulfonamides is 1. The Morgan fingerprint density at radius 3 is 1.96 bits per heavy atom. The molecular weight excluding hydrogens is 362 g/mol. The number of aryl methyl sites for hydroxylation is 2. The van der Waals surface area contributed by atoms with E-state index in [-0.39, 0.29) is 16.8 Å². The van der Waals surface area contributed by atoms with Gasteiger partial charge in [0.2, 0.25) is 15.9 Å². The van der Waals surface area contributed by atoms with E-state index in [2.05, 4.69) is 21.4 Å². The van der Waals surface area contributed by atoms with Crippen molar-refractivity contribution >= 4 is 27.3 Å². The average Bonchev–Trinajstić information content (AvgIpc) is 2.53. The summed E-state index contributed by atoms with van der Waals surface area (Å²) in [6.45, 7) is 9.31. The van der Waals surface area contributed by atoms with E-state index in [1.807, 2.05) is 26.0 Å². The molecule has 27 heavy (non-hydrogen) atoms. The van der Waals surface area contributed by atoms with Gasteiger partial charge in [0, 0.05) is 17.4 Å². The molecule has 1 unspecified atom stereocenters. The SMILES string of the molecule is Cc1cc(C)cc(NC(C)C(=O)Nc2ccc(S(=O)(=O)NC(C)C)cc2)c1. The van der Waals surface area contributed by atoms with Gasteiger partial charge in [-0.3, -0.25) is 4.79 Å². The number of carbonyl (C=O) groups excluding carboxylic acids is 1. The van der Waals surface area contributed by atoms with E-state index in [1.165, 1.54) is 12.1 Å². The van der Waals surface area contributed by atoms with Crippen LogP contribution >= 0.6 is 0 Å². The zero-order valence-electron chi connectivity index (χ0n) is 16.3. The summed E-state index contributed by atoms with van der Waals surface area (Å²) in [6, 6.07) is 11.5. The summed E-state index contributed by atoms with van der Waals surface area (Å²) in [4.78, 5) is 12.6. The summed E-state index contributed by atoms with van der Waals surface area (Å²) >= 11 is 0. The van der Waals surface area contributed by atoms with E-state index < -0.39 is 16.1 Å². The number of hydrogen-bond donors (Lipinski definition) is 3. The first-order valence-electron chi connectivity index (χ1n) is 8.85. The van der Waals surface area contributed by atoms with Crippen molar-refractivity contribution in [1.82, 2.24) is 4.72 Å². The Kier molecular flexibility index (Phi) is 6.62. The molecule has 2 aromatic rings. The van der Waals surface area contributed by atoms with Gasteiger partial charge >= 0.3 is 0 Å². The van der Waals surface area contributed by atoms with Crippen LogP contribution in [0.2, 0.25) is 0 Å². The van der Waals surface area contributed by atoms with Gasteiger partial charge in [-0.1, -0.05) is 6.07 Å². The van der Waals surface area contributed by atoms with Crippen molar-refractivity contribution in [3.05, 3.63) is 53.6 Å². The maximum Gasteiger partial charge on any atom is 0.246 e. The van der Waals surface area contributed by atoms with E-state index in [9.17, 15) is 13.2 Å². The summed E-state index contributed by atoms with van der Waals surface area (Å²) in [6.07, 6.45) is 0. The average molecular weight is 390 g/mol. The maximum absolute atomic E-state index is 12.4. The highest BCUT2D eigenvalue weighted by Crippen LogP contribution is 2.17. The molecule has 0 aromatic heterocycles. The van der Waals surface area contributed by atoms with Crippen molar-refractivity contribution in [3.8, 4) is 0 Å². The molecule has 1 amide bonds. The quantitative estimate of drug-likeness (QED) is 0.677. The van der Waals surface area contributed by atoms with Crippen LogP contribution in [0, 0.1) is 13.8 Å². The third kappa shape index (κ3) is 6.08. The van der Waals surface area contributed by atoms with Gasteiger partial charge in [0.25, 0.3) is 0 Å². The first kappa shape index (κ1) is 20.9. The second-order valence-electron chi connectivity index (χ2n) is 7.03. The normalized spacial score (nSPS) is 12.7. The van der Waals surface area contributed by atoms with E-state index in [0.29, 0.717) is 5.69 Å². The molecule has 0 heterocycles. The molecular formula is C20H27N3O3S. The molecule has 2 aromatic carbocycles. The van der Waals surface area contributed by atoms with Crippen molar-refractivity contribution < 1.29 is 13.2 Å². The molecule has 0 spiro atoms. The number of rotatable bonds is 7. The lowest BCUT2D eigenvalue weighted by Crippen LogP contribution is -2.32. The molecule has 0 aliphatic heterocycles. The van der Waals surface area contributed by atoms with E-state index in [0.717, 1.165) is 16.8 Å². The smallest absolute Gasteiger partial charge is 0.246 e. The van der Waals surface area contributed by atoms with Crippen LogP contribution in [-0.4, -0.2) is 26.4 Å². The fraction of sp³-hybridized carbons (Fsp3) is 0.350. The lowest BCUT2D eigenvalue weighted by atomic mass is 10.1. The van der Waals surface area contributed by atoms with Crippen LogP contribution in [0.5, 0.6) is 0 Å². The number of amides is 1. The molecule has 0 saturated heterocycles. The zero-order chi connectivity index (χ0) is 20.2. The van der Waals surface area contributed by atoms with Crippen molar-refractivity contribution in [2.45, 2.75) is 51.6 Å². The van der Waals surface area contributed by atoms with Crippen LogP contribution in [-0.2, 0) is 14.8 Å². The standard InChI is InChI=1S/C20H27N3O3S/c1-13(2)23-27(25,26)19-8-6-17(7-9-19)22-20(24)16(5)21-18-11-14(3)10-15(4)12-18/h6-13,16,21,23H,1-5H3,(H,22,24). The molecule has 0 bridgehead atoms. The number of nitrogens with one attached hydrogen (secondary N) is 3. The minimum atomic E-state index is -3.55. The minimum Gasteiger partial charge on any atom is -0.374 e. The molecule has 1 atom stereocenters. The van der Waals surface area contributed by atoms with Gasteiger partial charge in [-0.25, -0.2) is 13.1 Å². The van der Waals surface area contributed by atoms with E-state index in [1.54, 1.807) is 32.9 Å². The van der Waals surface area contributed by atoms with Crippen LogP contribution in [0.1, 0.15) is 31.9 Å². The Morgan fingerprint density at radius 1 is 0.889 bits per heavy atom. The molecule has 2 rings (SSSR count). The summed E-state index contributed by atoms with van der Waals surface area (Å²) in [5, 5.41) is 5.98. The molecule has 3 N–H and O–H groups in total. The van der Waals surface area contributed by atoms with Crippen molar-refractivity contribution in [3.63, 3.8) is 0 Å². The van der Waals surface area contributed by atoms with Crippen LogP contribution in [0.3, 0.4) is 0 Å². The fourth-order valence-corrected chi connectivity index (χ4v) is 3.97. The zero-order valence-corrected chi connectivity index (χ0v) is 17.1. The Bertz CT molecular complexity index is 886. The summed E-state index contributed by atoms with van der Waals surface area (Å²) in [7, 11) is -3.55. The highest BCUT2D eigenvalue weighted by atomic mass is 32.2. The molecule has 6 nitrogen and oxygen atoms in total. The summed E-state index contributed by atoms with van der Waals surface area (Å²) in [5.74, 6) is -0.204. The van der Waals surface area contributed by atoms with Crippen molar-refractivity contribution in [2.24, 2.45) is 0 Å². The molecule has 0 radical (unpaired) electrons. The van der Waals surface area contributed by atoms with Crippen LogP contribution in [0.4, 0.5) is 11.4 Å². The predicted octanol–water partition coefficient (Wildman–Crippen LogP) is 3.43.